The Bertz CT molecular complexity index is 655. The summed E-state index contributed by atoms with van der Waals surface area (Å²) in [5.41, 5.74) is 8.00. The van der Waals surface area contributed by atoms with E-state index in [2.05, 4.69) is 42.6 Å². The van der Waals surface area contributed by atoms with Crippen molar-refractivity contribution >= 4 is 5.82 Å². The normalized spacial score (nSPS) is 12.5. The molecule has 0 amide bonds. The van der Waals surface area contributed by atoms with Crippen molar-refractivity contribution in [1.82, 2.24) is 15.0 Å². The van der Waals surface area contributed by atoms with Gasteiger partial charge in [-0.1, -0.05) is 27.7 Å². The number of pyridine rings is 1. The van der Waals surface area contributed by atoms with Gasteiger partial charge in [0, 0.05) is 23.5 Å². The Morgan fingerprint density at radius 1 is 1.14 bits per heavy atom. The molecule has 0 aliphatic carbocycles. The summed E-state index contributed by atoms with van der Waals surface area (Å²) in [7, 11) is 0. The minimum Gasteiger partial charge on any atom is -0.451 e. The number of ether oxygens (including phenoxy) is 1. The number of nitrogen functional groups attached to an aromatic ring is 1. The Kier molecular flexibility index (Phi) is 4.96. The van der Waals surface area contributed by atoms with Crippen molar-refractivity contribution in [3.05, 3.63) is 35.5 Å². The van der Waals surface area contributed by atoms with Crippen molar-refractivity contribution < 1.29 is 4.74 Å². The van der Waals surface area contributed by atoms with E-state index < -0.39 is 0 Å². The van der Waals surface area contributed by atoms with Gasteiger partial charge < -0.3 is 10.5 Å². The van der Waals surface area contributed by atoms with Crippen LogP contribution >= 0.6 is 0 Å². The number of rotatable bonds is 5. The van der Waals surface area contributed by atoms with E-state index in [0.717, 1.165) is 23.4 Å². The quantitative estimate of drug-likeness (QED) is 0.896. The van der Waals surface area contributed by atoms with E-state index in [4.69, 9.17) is 10.5 Å². The molecule has 0 aliphatic heterocycles. The molecule has 2 aromatic heterocycles. The van der Waals surface area contributed by atoms with Crippen LogP contribution in [-0.2, 0) is 0 Å². The lowest BCUT2D eigenvalue weighted by atomic mass is 10.00. The van der Waals surface area contributed by atoms with Gasteiger partial charge in [0.2, 0.25) is 0 Å². The summed E-state index contributed by atoms with van der Waals surface area (Å²) in [6.07, 6.45) is 4.54. The molecular weight excluding hydrogens is 276 g/mol. The molecule has 5 heteroatoms. The van der Waals surface area contributed by atoms with E-state index >= 15 is 0 Å². The van der Waals surface area contributed by atoms with E-state index in [1.54, 1.807) is 13.1 Å². The standard InChI is InChI=1S/C17H24N4O/c1-6-11(4)14-7-15(13(8-20-14)10(2)3)22-16-9-19-12(5)21-17(16)18/h7-11H,6H2,1-5H3,(H2,18,19,21)/t11-/m0/s1. The molecule has 118 valence electrons. The number of anilines is 1. The molecule has 2 rings (SSSR count). The summed E-state index contributed by atoms with van der Waals surface area (Å²) in [6.45, 7) is 10.3. The SMILES string of the molecule is CC[C@H](C)c1cc(Oc2cnc(C)nc2N)c(C(C)C)cn1. The molecule has 0 fully saturated rings. The van der Waals surface area contributed by atoms with E-state index in [9.17, 15) is 0 Å². The molecule has 0 saturated carbocycles. The van der Waals surface area contributed by atoms with Gasteiger partial charge in [0.1, 0.15) is 11.6 Å². The zero-order chi connectivity index (χ0) is 16.3. The number of nitrogens with two attached hydrogens (primary N) is 1. The molecular formula is C17H24N4O. The van der Waals surface area contributed by atoms with Crippen LogP contribution < -0.4 is 10.5 Å². The maximum absolute atomic E-state index is 6.00. The van der Waals surface area contributed by atoms with Gasteiger partial charge in [-0.3, -0.25) is 4.98 Å². The van der Waals surface area contributed by atoms with Crippen molar-refractivity contribution in [3.8, 4) is 11.5 Å². The van der Waals surface area contributed by atoms with Gasteiger partial charge in [0.15, 0.2) is 11.6 Å². The van der Waals surface area contributed by atoms with Crippen LogP contribution in [0.5, 0.6) is 11.5 Å². The fourth-order valence-electron chi connectivity index (χ4n) is 2.14. The van der Waals surface area contributed by atoms with Crippen molar-refractivity contribution in [3.63, 3.8) is 0 Å². The highest BCUT2D eigenvalue weighted by Gasteiger charge is 2.15. The lowest BCUT2D eigenvalue weighted by Gasteiger charge is -2.17. The highest BCUT2D eigenvalue weighted by atomic mass is 16.5. The second-order valence-electron chi connectivity index (χ2n) is 5.88. The molecule has 2 N–H and O–H groups in total. The molecule has 0 spiro atoms. The second-order valence-corrected chi connectivity index (χ2v) is 5.88. The minimum absolute atomic E-state index is 0.307. The average molecular weight is 300 g/mol. The van der Waals surface area contributed by atoms with Gasteiger partial charge in [0.25, 0.3) is 0 Å². The number of aryl methyl sites for hydroxylation is 1. The molecule has 0 unspecified atom stereocenters. The van der Waals surface area contributed by atoms with Crippen LogP contribution in [0.25, 0.3) is 0 Å². The van der Waals surface area contributed by atoms with Gasteiger partial charge in [-0.15, -0.1) is 0 Å². The van der Waals surface area contributed by atoms with Crippen LogP contribution in [0.2, 0.25) is 0 Å². The third kappa shape index (κ3) is 3.53. The Hall–Kier alpha value is -2.17. The molecule has 2 heterocycles. The second kappa shape index (κ2) is 6.73. The third-order valence-corrected chi connectivity index (χ3v) is 3.78. The van der Waals surface area contributed by atoms with Gasteiger partial charge in [-0.2, -0.15) is 0 Å². The number of hydrogen-bond donors (Lipinski definition) is 1. The highest BCUT2D eigenvalue weighted by Crippen LogP contribution is 2.34. The van der Waals surface area contributed by atoms with Crippen molar-refractivity contribution in [2.75, 3.05) is 5.73 Å². The first-order valence-electron chi connectivity index (χ1n) is 7.69. The van der Waals surface area contributed by atoms with Gasteiger partial charge in [0.05, 0.1) is 6.20 Å². The fourth-order valence-corrected chi connectivity index (χ4v) is 2.14. The molecule has 0 aromatic carbocycles. The summed E-state index contributed by atoms with van der Waals surface area (Å²) in [5.74, 6) is 2.93. The van der Waals surface area contributed by atoms with Gasteiger partial charge in [-0.05, 0) is 25.2 Å². The number of aromatic nitrogens is 3. The lowest BCUT2D eigenvalue weighted by Crippen LogP contribution is -2.03. The van der Waals surface area contributed by atoms with E-state index in [1.807, 2.05) is 12.3 Å². The Morgan fingerprint density at radius 3 is 2.45 bits per heavy atom. The maximum Gasteiger partial charge on any atom is 0.187 e. The van der Waals surface area contributed by atoms with Crippen LogP contribution in [-0.4, -0.2) is 15.0 Å². The summed E-state index contributed by atoms with van der Waals surface area (Å²) in [5, 5.41) is 0. The highest BCUT2D eigenvalue weighted by molar-refractivity contribution is 5.48. The fraction of sp³-hybridized carbons (Fsp3) is 0.471. The van der Waals surface area contributed by atoms with Crippen LogP contribution in [0.1, 0.15) is 63.0 Å². The third-order valence-electron chi connectivity index (χ3n) is 3.78. The van der Waals surface area contributed by atoms with Gasteiger partial charge >= 0.3 is 0 Å². The molecule has 0 radical (unpaired) electrons. The van der Waals surface area contributed by atoms with Crippen molar-refractivity contribution in [2.24, 2.45) is 0 Å². The molecule has 0 bridgehead atoms. The molecule has 22 heavy (non-hydrogen) atoms. The van der Waals surface area contributed by atoms with Crippen LogP contribution in [0, 0.1) is 6.92 Å². The first kappa shape index (κ1) is 16.2. The molecule has 1 atom stereocenters. The van der Waals surface area contributed by atoms with E-state index in [1.165, 1.54) is 0 Å². The largest absolute Gasteiger partial charge is 0.451 e. The number of hydrogen-bond acceptors (Lipinski definition) is 5. The topological polar surface area (TPSA) is 73.9 Å². The molecule has 5 nitrogen and oxygen atoms in total. The van der Waals surface area contributed by atoms with Crippen LogP contribution in [0.3, 0.4) is 0 Å². The molecule has 0 aliphatic rings. The van der Waals surface area contributed by atoms with Crippen LogP contribution in [0.15, 0.2) is 18.5 Å². The minimum atomic E-state index is 0.307. The Morgan fingerprint density at radius 2 is 1.86 bits per heavy atom. The monoisotopic (exact) mass is 300 g/mol. The summed E-state index contributed by atoms with van der Waals surface area (Å²) >= 11 is 0. The molecule has 0 saturated heterocycles. The number of nitrogens with zero attached hydrogens (tertiary/aromatic N) is 3. The van der Waals surface area contributed by atoms with Crippen molar-refractivity contribution in [2.45, 2.75) is 52.9 Å². The van der Waals surface area contributed by atoms with E-state index in [-0.39, 0.29) is 0 Å². The van der Waals surface area contributed by atoms with Crippen molar-refractivity contribution in [1.29, 1.82) is 0 Å². The summed E-state index contributed by atoms with van der Waals surface area (Å²) in [4.78, 5) is 12.9. The maximum atomic E-state index is 6.00. The van der Waals surface area contributed by atoms with E-state index in [0.29, 0.717) is 29.2 Å². The molecule has 2 aromatic rings. The Balaban J connectivity index is 2.42. The predicted octanol–water partition coefficient (Wildman–Crippen LogP) is 4.19. The zero-order valence-corrected chi connectivity index (χ0v) is 13.9. The average Bonchev–Trinajstić information content (AvgIpc) is 2.49. The zero-order valence-electron chi connectivity index (χ0n) is 13.9. The Labute approximate surface area is 132 Å². The smallest absolute Gasteiger partial charge is 0.187 e. The predicted molar refractivity (Wildman–Crippen MR) is 88.3 cm³/mol. The summed E-state index contributed by atoms with van der Waals surface area (Å²) in [6, 6.07) is 2.00. The lowest BCUT2D eigenvalue weighted by molar-refractivity contribution is 0.467. The van der Waals surface area contributed by atoms with Gasteiger partial charge in [-0.25, -0.2) is 9.97 Å². The first-order valence-corrected chi connectivity index (χ1v) is 7.69. The first-order chi connectivity index (χ1) is 10.4. The summed E-state index contributed by atoms with van der Waals surface area (Å²) < 4.78 is 6.00. The van der Waals surface area contributed by atoms with Crippen LogP contribution in [0.4, 0.5) is 5.82 Å².